The van der Waals surface area contributed by atoms with E-state index in [2.05, 4.69) is 0 Å². The fourth-order valence-electron chi connectivity index (χ4n) is 4.87. The third-order valence-electron chi connectivity index (χ3n) is 8.48. The van der Waals surface area contributed by atoms with Crippen molar-refractivity contribution >= 4 is 13.5 Å². The average Bonchev–Trinajstić information content (AvgIpc) is 2.88. The topological polar surface area (TPSA) is 115 Å². The molecule has 0 bridgehead atoms. The Balaban J connectivity index is 1.71. The SMILES string of the molecule is COC1(c2ccc(C)c(Cc3ccc4c(c3)OCCO4)c2)O[C@@H](C(=O)[Si](C)(C)C(C)(C)C)[C@@H](O)[C@H](O)[C@H]1O. The van der Waals surface area contributed by atoms with Crippen LogP contribution in [0.1, 0.15) is 43.0 Å². The molecule has 0 spiro atoms. The van der Waals surface area contributed by atoms with Gasteiger partial charge in [0.2, 0.25) is 5.79 Å². The molecule has 38 heavy (non-hydrogen) atoms. The number of hydrogen-bond acceptors (Lipinski definition) is 8. The molecule has 2 aliphatic heterocycles. The maximum Gasteiger partial charge on any atom is 0.225 e. The number of hydrogen-bond donors (Lipinski definition) is 3. The van der Waals surface area contributed by atoms with Crippen molar-refractivity contribution in [3.63, 3.8) is 0 Å². The minimum Gasteiger partial charge on any atom is -0.486 e. The first-order chi connectivity index (χ1) is 17.7. The Kier molecular flexibility index (Phi) is 7.84. The van der Waals surface area contributed by atoms with Crippen molar-refractivity contribution < 1.29 is 39.1 Å². The lowest BCUT2D eigenvalue weighted by molar-refractivity contribution is -0.355. The molecule has 1 fully saturated rings. The van der Waals surface area contributed by atoms with Gasteiger partial charge in [-0.2, -0.15) is 0 Å². The summed E-state index contributed by atoms with van der Waals surface area (Å²) in [7, 11) is -1.28. The van der Waals surface area contributed by atoms with Crippen LogP contribution >= 0.6 is 0 Å². The lowest BCUT2D eigenvalue weighted by Crippen LogP contribution is -2.68. The Morgan fingerprint density at radius 3 is 2.32 bits per heavy atom. The molecule has 5 atom stereocenters. The number of methoxy groups -OCH3 is 1. The lowest BCUT2D eigenvalue weighted by Gasteiger charge is -2.49. The minimum atomic E-state index is -2.64. The monoisotopic (exact) mass is 544 g/mol. The van der Waals surface area contributed by atoms with E-state index >= 15 is 0 Å². The Morgan fingerprint density at radius 2 is 1.68 bits per heavy atom. The Bertz CT molecular complexity index is 1190. The largest absolute Gasteiger partial charge is 0.486 e. The number of rotatable bonds is 6. The van der Waals surface area contributed by atoms with Crippen LogP contribution in [0.15, 0.2) is 36.4 Å². The molecule has 8 nitrogen and oxygen atoms in total. The highest BCUT2D eigenvalue weighted by Crippen LogP contribution is 2.44. The maximum absolute atomic E-state index is 13.8. The second-order valence-electron chi connectivity index (χ2n) is 11.9. The molecule has 3 N–H and O–H groups in total. The third-order valence-corrected chi connectivity index (χ3v) is 13.7. The molecule has 208 valence electrons. The van der Waals surface area contributed by atoms with Gasteiger partial charge in [-0.15, -0.1) is 0 Å². The van der Waals surface area contributed by atoms with Gasteiger partial charge in [0.15, 0.2) is 11.5 Å². The summed E-state index contributed by atoms with van der Waals surface area (Å²) in [6.07, 6.45) is -5.65. The quantitative estimate of drug-likeness (QED) is 0.475. The molecule has 4 rings (SSSR count). The van der Waals surface area contributed by atoms with Gasteiger partial charge in [-0.1, -0.05) is 52.1 Å². The highest BCUT2D eigenvalue weighted by atomic mass is 28.3. The molecule has 0 amide bonds. The van der Waals surface area contributed by atoms with Crippen molar-refractivity contribution in [2.75, 3.05) is 20.3 Å². The van der Waals surface area contributed by atoms with Gasteiger partial charge in [-0.3, -0.25) is 0 Å². The molecule has 0 saturated carbocycles. The number of aliphatic hydroxyl groups excluding tert-OH is 3. The Morgan fingerprint density at radius 1 is 1.03 bits per heavy atom. The standard InChI is InChI=1S/C29H40O8Si/c1-17-8-10-20(16-19(17)14-18-9-11-21-22(15-18)36-13-12-35-21)29(34-5)26(32)24(31)23(30)25(37-29)27(33)38(6,7)28(2,3)4/h8-11,15-16,23-26,30-32H,12-14H2,1-7H3/t23-,24-,25+,26+,29?/m0/s1. The fraction of sp³-hybridized carbons (Fsp3) is 0.552. The van der Waals surface area contributed by atoms with Crippen LogP contribution in [0, 0.1) is 6.92 Å². The first-order valence-corrected chi connectivity index (χ1v) is 16.0. The van der Waals surface area contributed by atoms with Gasteiger partial charge in [0.25, 0.3) is 0 Å². The number of ether oxygens (including phenoxy) is 4. The van der Waals surface area contributed by atoms with Crippen molar-refractivity contribution in [1.29, 1.82) is 0 Å². The van der Waals surface area contributed by atoms with E-state index in [0.717, 1.165) is 16.7 Å². The van der Waals surface area contributed by atoms with E-state index in [1.54, 1.807) is 6.07 Å². The van der Waals surface area contributed by atoms with Gasteiger partial charge < -0.3 is 39.1 Å². The molecule has 0 aliphatic carbocycles. The van der Waals surface area contributed by atoms with Crippen molar-refractivity contribution in [3.8, 4) is 11.5 Å². The molecule has 2 aromatic rings. The zero-order valence-corrected chi connectivity index (χ0v) is 24.3. The van der Waals surface area contributed by atoms with Gasteiger partial charge in [0, 0.05) is 12.7 Å². The molecular formula is C29H40O8Si. The number of carbonyl (C=O) groups is 1. The van der Waals surface area contributed by atoms with E-state index in [1.807, 2.05) is 71.1 Å². The third kappa shape index (κ3) is 4.92. The molecule has 0 aromatic heterocycles. The van der Waals surface area contributed by atoms with Crippen LogP contribution in [0.5, 0.6) is 11.5 Å². The van der Waals surface area contributed by atoms with Crippen LogP contribution < -0.4 is 9.47 Å². The van der Waals surface area contributed by atoms with Gasteiger partial charge in [0.1, 0.15) is 51.1 Å². The first-order valence-electron chi connectivity index (χ1n) is 13.0. The molecule has 1 unspecified atom stereocenters. The maximum atomic E-state index is 13.8. The summed E-state index contributed by atoms with van der Waals surface area (Å²) in [6.45, 7) is 12.8. The predicted octanol–water partition coefficient (Wildman–Crippen LogP) is 3.25. The zero-order chi connectivity index (χ0) is 28.0. The summed E-state index contributed by atoms with van der Waals surface area (Å²) in [5.74, 6) is -0.435. The summed E-state index contributed by atoms with van der Waals surface area (Å²) in [6, 6.07) is 11.3. The Hall–Kier alpha value is -2.27. The van der Waals surface area contributed by atoms with Crippen LogP contribution in [0.3, 0.4) is 0 Å². The van der Waals surface area contributed by atoms with Crippen LogP contribution in [-0.2, 0) is 26.5 Å². The summed E-state index contributed by atoms with van der Waals surface area (Å²) < 4.78 is 23.4. The number of aliphatic hydroxyl groups is 3. The smallest absolute Gasteiger partial charge is 0.225 e. The predicted molar refractivity (Wildman–Crippen MR) is 145 cm³/mol. The second kappa shape index (κ2) is 10.4. The normalized spacial score (nSPS) is 27.7. The molecule has 0 radical (unpaired) electrons. The van der Waals surface area contributed by atoms with E-state index in [0.29, 0.717) is 36.7 Å². The first kappa shape index (κ1) is 28.7. The molecular weight excluding hydrogens is 504 g/mol. The average molecular weight is 545 g/mol. The fourth-order valence-corrected chi connectivity index (χ4v) is 6.55. The lowest BCUT2D eigenvalue weighted by atomic mass is 9.86. The van der Waals surface area contributed by atoms with E-state index in [4.69, 9.17) is 18.9 Å². The summed E-state index contributed by atoms with van der Waals surface area (Å²) in [5, 5.41) is 32.4. The van der Waals surface area contributed by atoms with Crippen LogP contribution in [0.25, 0.3) is 0 Å². The van der Waals surface area contributed by atoms with E-state index in [1.165, 1.54) is 7.11 Å². The van der Waals surface area contributed by atoms with Gasteiger partial charge in [0.05, 0.1) is 0 Å². The molecule has 2 aromatic carbocycles. The molecule has 1 saturated heterocycles. The Labute approximate surface area is 225 Å². The summed E-state index contributed by atoms with van der Waals surface area (Å²) >= 11 is 0. The summed E-state index contributed by atoms with van der Waals surface area (Å²) in [4.78, 5) is 13.8. The number of fused-ring (bicyclic) bond motifs is 1. The van der Waals surface area contributed by atoms with E-state index in [-0.39, 0.29) is 10.4 Å². The van der Waals surface area contributed by atoms with Crippen molar-refractivity contribution in [2.45, 2.75) is 82.5 Å². The van der Waals surface area contributed by atoms with E-state index in [9.17, 15) is 20.1 Å². The van der Waals surface area contributed by atoms with Gasteiger partial charge >= 0.3 is 0 Å². The molecule has 9 heteroatoms. The molecule has 2 heterocycles. The number of carbonyl (C=O) groups excluding carboxylic acids is 1. The minimum absolute atomic E-state index is 0.242. The van der Waals surface area contributed by atoms with Crippen LogP contribution in [0.2, 0.25) is 18.1 Å². The highest BCUT2D eigenvalue weighted by molar-refractivity contribution is 7.06. The highest BCUT2D eigenvalue weighted by Gasteiger charge is 2.59. The second-order valence-corrected chi connectivity index (χ2v) is 17.1. The number of benzene rings is 2. The van der Waals surface area contributed by atoms with Crippen molar-refractivity contribution in [2.24, 2.45) is 0 Å². The van der Waals surface area contributed by atoms with Gasteiger partial charge in [-0.05, 0) is 53.3 Å². The van der Waals surface area contributed by atoms with Crippen molar-refractivity contribution in [3.05, 3.63) is 58.7 Å². The molecule has 2 aliphatic rings. The number of aryl methyl sites for hydroxylation is 1. The van der Waals surface area contributed by atoms with Crippen LogP contribution in [-0.4, -0.2) is 73.5 Å². The van der Waals surface area contributed by atoms with Gasteiger partial charge in [-0.25, -0.2) is 0 Å². The van der Waals surface area contributed by atoms with Crippen LogP contribution in [0.4, 0.5) is 0 Å². The zero-order valence-electron chi connectivity index (χ0n) is 23.3. The van der Waals surface area contributed by atoms with Crippen molar-refractivity contribution in [1.82, 2.24) is 0 Å². The summed E-state index contributed by atoms with van der Waals surface area (Å²) in [5.41, 5.74) is 3.41. The van der Waals surface area contributed by atoms with E-state index < -0.39 is 38.3 Å².